The van der Waals surface area contributed by atoms with Crippen molar-refractivity contribution in [2.24, 2.45) is 0 Å². The van der Waals surface area contributed by atoms with E-state index in [0.717, 1.165) is 4.90 Å². The minimum absolute atomic E-state index is 0.138. The maximum Gasteiger partial charge on any atom is 0.308 e. The SMILES string of the molecule is CNC(=O)c1cccc(NC(=O)COC(=O)CCN2C(=O)c3ccccc3C2=O)c1. The molecule has 1 aliphatic heterocycles. The van der Waals surface area contributed by atoms with Crippen molar-refractivity contribution in [3.8, 4) is 0 Å². The Morgan fingerprint density at radius 1 is 0.967 bits per heavy atom. The van der Waals surface area contributed by atoms with Crippen LogP contribution < -0.4 is 10.6 Å². The summed E-state index contributed by atoms with van der Waals surface area (Å²) in [6.07, 6.45) is -0.231. The second kappa shape index (κ2) is 8.99. The largest absolute Gasteiger partial charge is 0.456 e. The number of rotatable bonds is 7. The highest BCUT2D eigenvalue weighted by Gasteiger charge is 2.35. The van der Waals surface area contributed by atoms with E-state index in [2.05, 4.69) is 10.6 Å². The Balaban J connectivity index is 1.46. The van der Waals surface area contributed by atoms with Gasteiger partial charge in [0.1, 0.15) is 0 Å². The zero-order valence-electron chi connectivity index (χ0n) is 16.1. The number of hydrogen-bond donors (Lipinski definition) is 2. The van der Waals surface area contributed by atoms with Crippen molar-refractivity contribution in [3.63, 3.8) is 0 Å². The number of amides is 4. The van der Waals surface area contributed by atoms with Gasteiger partial charge in [0.2, 0.25) is 0 Å². The number of fused-ring (bicyclic) bond motifs is 1. The van der Waals surface area contributed by atoms with Gasteiger partial charge >= 0.3 is 5.97 Å². The first-order valence-corrected chi connectivity index (χ1v) is 9.13. The molecule has 0 saturated heterocycles. The van der Waals surface area contributed by atoms with Crippen molar-refractivity contribution in [1.82, 2.24) is 10.2 Å². The van der Waals surface area contributed by atoms with Gasteiger partial charge in [-0.2, -0.15) is 0 Å². The van der Waals surface area contributed by atoms with Gasteiger partial charge in [0.05, 0.1) is 17.5 Å². The third-order valence-electron chi connectivity index (χ3n) is 4.42. The molecule has 154 valence electrons. The van der Waals surface area contributed by atoms with E-state index >= 15 is 0 Å². The van der Waals surface area contributed by atoms with Crippen LogP contribution in [0.3, 0.4) is 0 Å². The van der Waals surface area contributed by atoms with Crippen LogP contribution in [-0.4, -0.2) is 54.7 Å². The number of esters is 1. The highest BCUT2D eigenvalue weighted by Crippen LogP contribution is 2.22. The molecule has 9 heteroatoms. The van der Waals surface area contributed by atoms with Crippen LogP contribution in [0, 0.1) is 0 Å². The number of anilines is 1. The number of nitrogens with zero attached hydrogens (tertiary/aromatic N) is 1. The molecule has 0 unspecified atom stereocenters. The molecule has 0 aliphatic carbocycles. The number of benzene rings is 2. The first kappa shape index (κ1) is 20.7. The van der Waals surface area contributed by atoms with E-state index in [1.807, 2.05) is 0 Å². The van der Waals surface area contributed by atoms with Crippen LogP contribution in [0.15, 0.2) is 48.5 Å². The normalized spacial score (nSPS) is 12.4. The summed E-state index contributed by atoms with van der Waals surface area (Å²) in [5.41, 5.74) is 1.35. The average molecular weight is 409 g/mol. The van der Waals surface area contributed by atoms with Gasteiger partial charge in [-0.3, -0.25) is 28.9 Å². The number of hydrogen-bond acceptors (Lipinski definition) is 6. The lowest BCUT2D eigenvalue weighted by Crippen LogP contribution is -2.32. The maximum atomic E-state index is 12.2. The summed E-state index contributed by atoms with van der Waals surface area (Å²) in [5.74, 6) is -2.53. The number of carbonyl (C=O) groups is 5. The van der Waals surface area contributed by atoms with E-state index in [4.69, 9.17) is 4.74 Å². The molecule has 3 rings (SSSR count). The zero-order chi connectivity index (χ0) is 21.7. The molecular weight excluding hydrogens is 390 g/mol. The van der Waals surface area contributed by atoms with Gasteiger partial charge in [-0.05, 0) is 30.3 Å². The molecule has 0 spiro atoms. The lowest BCUT2D eigenvalue weighted by molar-refractivity contribution is -0.147. The molecule has 2 aromatic rings. The molecule has 30 heavy (non-hydrogen) atoms. The van der Waals surface area contributed by atoms with Gasteiger partial charge in [-0.15, -0.1) is 0 Å². The van der Waals surface area contributed by atoms with Gasteiger partial charge in [-0.25, -0.2) is 0 Å². The molecule has 1 aliphatic rings. The van der Waals surface area contributed by atoms with Gasteiger partial charge in [0.25, 0.3) is 23.6 Å². The van der Waals surface area contributed by atoms with Crippen LogP contribution in [0.25, 0.3) is 0 Å². The quantitative estimate of drug-likeness (QED) is 0.524. The number of nitrogens with one attached hydrogen (secondary N) is 2. The van der Waals surface area contributed by atoms with E-state index < -0.39 is 30.3 Å². The Morgan fingerprint density at radius 2 is 1.63 bits per heavy atom. The van der Waals surface area contributed by atoms with E-state index in [9.17, 15) is 24.0 Å². The average Bonchev–Trinajstić information content (AvgIpc) is 3.00. The highest BCUT2D eigenvalue weighted by atomic mass is 16.5. The van der Waals surface area contributed by atoms with Gasteiger partial charge < -0.3 is 15.4 Å². The van der Waals surface area contributed by atoms with E-state index in [0.29, 0.717) is 22.4 Å². The molecule has 1 heterocycles. The number of ether oxygens (including phenoxy) is 1. The molecule has 0 aromatic heterocycles. The standard InChI is InChI=1S/C21H19N3O6/c1-22-19(27)13-5-4-6-14(11-13)23-17(25)12-30-18(26)9-10-24-20(28)15-7-2-3-8-16(15)21(24)29/h2-8,11H,9-10,12H2,1H3,(H,22,27)(H,23,25). The monoisotopic (exact) mass is 409 g/mol. The van der Waals surface area contributed by atoms with Crippen LogP contribution in [-0.2, 0) is 14.3 Å². The molecule has 9 nitrogen and oxygen atoms in total. The van der Waals surface area contributed by atoms with Crippen LogP contribution >= 0.6 is 0 Å². The highest BCUT2D eigenvalue weighted by molar-refractivity contribution is 6.21. The smallest absolute Gasteiger partial charge is 0.308 e. The predicted octanol–water partition coefficient (Wildman–Crippen LogP) is 1.21. The maximum absolute atomic E-state index is 12.2. The Labute approximate surface area is 172 Å². The fourth-order valence-electron chi connectivity index (χ4n) is 2.94. The van der Waals surface area contributed by atoms with Crippen LogP contribution in [0.5, 0.6) is 0 Å². The summed E-state index contributed by atoms with van der Waals surface area (Å²) < 4.78 is 4.90. The predicted molar refractivity (Wildman–Crippen MR) is 106 cm³/mol. The fraction of sp³-hybridized carbons (Fsp3) is 0.190. The Kier molecular flexibility index (Phi) is 6.21. The molecule has 2 N–H and O–H groups in total. The third kappa shape index (κ3) is 4.52. The summed E-state index contributed by atoms with van der Waals surface area (Å²) in [6, 6.07) is 12.7. The van der Waals surface area contributed by atoms with Crippen molar-refractivity contribution >= 4 is 35.3 Å². The first-order valence-electron chi connectivity index (χ1n) is 9.13. The van der Waals surface area contributed by atoms with Crippen molar-refractivity contribution < 1.29 is 28.7 Å². The second-order valence-electron chi connectivity index (χ2n) is 6.43. The molecule has 0 radical (unpaired) electrons. The molecule has 2 aromatic carbocycles. The lowest BCUT2D eigenvalue weighted by atomic mass is 10.1. The first-order chi connectivity index (χ1) is 14.4. The van der Waals surface area contributed by atoms with Crippen molar-refractivity contribution in [2.75, 3.05) is 25.5 Å². The second-order valence-corrected chi connectivity index (χ2v) is 6.43. The summed E-state index contributed by atoms with van der Waals surface area (Å²) in [4.78, 5) is 61.0. The Bertz CT molecular complexity index is 998. The number of carbonyl (C=O) groups excluding carboxylic acids is 5. The van der Waals surface area contributed by atoms with E-state index in [-0.39, 0.29) is 18.9 Å². The fourth-order valence-corrected chi connectivity index (χ4v) is 2.94. The summed E-state index contributed by atoms with van der Waals surface area (Å²) >= 11 is 0. The summed E-state index contributed by atoms with van der Waals surface area (Å²) in [5, 5.41) is 5.00. The van der Waals surface area contributed by atoms with Crippen molar-refractivity contribution in [3.05, 3.63) is 65.2 Å². The van der Waals surface area contributed by atoms with Crippen molar-refractivity contribution in [1.29, 1.82) is 0 Å². The molecule has 0 bridgehead atoms. The summed E-state index contributed by atoms with van der Waals surface area (Å²) in [7, 11) is 1.50. The van der Waals surface area contributed by atoms with Crippen LogP contribution in [0.2, 0.25) is 0 Å². The molecule has 0 fully saturated rings. The number of imide groups is 1. The van der Waals surface area contributed by atoms with Crippen LogP contribution in [0.4, 0.5) is 5.69 Å². The molecular formula is C21H19N3O6. The van der Waals surface area contributed by atoms with E-state index in [1.54, 1.807) is 42.5 Å². The Morgan fingerprint density at radius 3 is 2.27 bits per heavy atom. The molecule has 4 amide bonds. The van der Waals surface area contributed by atoms with Gasteiger partial charge in [0, 0.05) is 24.8 Å². The summed E-state index contributed by atoms with van der Waals surface area (Å²) in [6.45, 7) is -0.674. The lowest BCUT2D eigenvalue weighted by Gasteiger charge is -2.13. The van der Waals surface area contributed by atoms with Crippen molar-refractivity contribution in [2.45, 2.75) is 6.42 Å². The van der Waals surface area contributed by atoms with Crippen LogP contribution in [0.1, 0.15) is 37.5 Å². The topological polar surface area (TPSA) is 122 Å². The zero-order valence-corrected chi connectivity index (χ0v) is 16.1. The minimum atomic E-state index is -0.721. The minimum Gasteiger partial charge on any atom is -0.456 e. The third-order valence-corrected chi connectivity index (χ3v) is 4.42. The molecule has 0 atom stereocenters. The van der Waals surface area contributed by atoms with E-state index in [1.165, 1.54) is 13.1 Å². The molecule has 0 saturated carbocycles. The van der Waals surface area contributed by atoms with Gasteiger partial charge in [0.15, 0.2) is 6.61 Å². The Hall–Kier alpha value is -4.01. The van der Waals surface area contributed by atoms with Gasteiger partial charge in [-0.1, -0.05) is 18.2 Å².